The third-order valence-electron chi connectivity index (χ3n) is 4.23. The van der Waals surface area contributed by atoms with Crippen LogP contribution in [0.2, 0.25) is 0 Å². The topological polar surface area (TPSA) is 32.5 Å². The molecule has 1 aromatic heterocycles. The molecule has 0 aliphatic carbocycles. The third kappa shape index (κ3) is 3.57. The van der Waals surface area contributed by atoms with Crippen LogP contribution in [0.4, 0.5) is 0 Å². The van der Waals surface area contributed by atoms with Crippen molar-refractivity contribution in [3.05, 3.63) is 21.4 Å². The van der Waals surface area contributed by atoms with E-state index in [-0.39, 0.29) is 0 Å². The number of nitrogens with two attached hydrogens (primary N) is 1. The van der Waals surface area contributed by atoms with Gasteiger partial charge in [-0.25, -0.2) is 0 Å². The maximum atomic E-state index is 6.04. The zero-order valence-corrected chi connectivity index (χ0v) is 13.5. The molecule has 2 N–H and O–H groups in total. The Balaban J connectivity index is 2.02. The van der Waals surface area contributed by atoms with Crippen LogP contribution in [0.5, 0.6) is 0 Å². The van der Waals surface area contributed by atoms with Gasteiger partial charge in [0.2, 0.25) is 0 Å². The number of likely N-dealkylation sites (N-methyl/N-ethyl adjacent to an activating group) is 1. The maximum Gasteiger partial charge on any atom is 0.0478 e. The molecule has 0 saturated carbocycles. The molecular formula is C15H27N3S. The van der Waals surface area contributed by atoms with Crippen LogP contribution in [-0.2, 0) is 0 Å². The molecule has 2 unspecified atom stereocenters. The molecule has 1 aliphatic rings. The lowest BCUT2D eigenvalue weighted by Crippen LogP contribution is -2.35. The molecular weight excluding hydrogens is 254 g/mol. The molecule has 0 aromatic carbocycles. The summed E-state index contributed by atoms with van der Waals surface area (Å²) in [5, 5.41) is 0. The fourth-order valence-electron chi connectivity index (χ4n) is 3.24. The third-order valence-corrected chi connectivity index (χ3v) is 5.21. The molecule has 0 radical (unpaired) electrons. The molecule has 1 fully saturated rings. The summed E-state index contributed by atoms with van der Waals surface area (Å²) < 4.78 is 0. The van der Waals surface area contributed by atoms with Gasteiger partial charge in [0.15, 0.2) is 0 Å². The Morgan fingerprint density at radius 1 is 1.53 bits per heavy atom. The summed E-state index contributed by atoms with van der Waals surface area (Å²) in [7, 11) is 4.44. The average molecular weight is 281 g/mol. The monoisotopic (exact) mass is 281 g/mol. The van der Waals surface area contributed by atoms with Crippen LogP contribution in [0.1, 0.15) is 27.8 Å². The van der Waals surface area contributed by atoms with Gasteiger partial charge in [0.05, 0.1) is 0 Å². The van der Waals surface area contributed by atoms with Gasteiger partial charge in [-0.05, 0) is 58.5 Å². The Bertz CT molecular complexity index is 416. The molecule has 0 amide bonds. The molecule has 108 valence electrons. The number of hydrogen-bond donors (Lipinski definition) is 1. The first-order valence-electron chi connectivity index (χ1n) is 7.17. The highest BCUT2D eigenvalue weighted by atomic mass is 32.1. The van der Waals surface area contributed by atoms with E-state index >= 15 is 0 Å². The van der Waals surface area contributed by atoms with Crippen LogP contribution in [0.15, 0.2) is 6.07 Å². The summed E-state index contributed by atoms with van der Waals surface area (Å²) in [6.45, 7) is 8.72. The van der Waals surface area contributed by atoms with E-state index in [4.69, 9.17) is 5.73 Å². The fourth-order valence-corrected chi connectivity index (χ4v) is 4.22. The van der Waals surface area contributed by atoms with Crippen molar-refractivity contribution in [3.63, 3.8) is 0 Å². The van der Waals surface area contributed by atoms with Gasteiger partial charge in [0, 0.05) is 35.4 Å². The van der Waals surface area contributed by atoms with Crippen LogP contribution in [0, 0.1) is 19.8 Å². The second-order valence-electron chi connectivity index (χ2n) is 5.98. The van der Waals surface area contributed by atoms with E-state index in [2.05, 4.69) is 43.8 Å². The van der Waals surface area contributed by atoms with Gasteiger partial charge in [0.1, 0.15) is 0 Å². The van der Waals surface area contributed by atoms with Crippen LogP contribution in [0.25, 0.3) is 0 Å². The Labute approximate surface area is 121 Å². The summed E-state index contributed by atoms with van der Waals surface area (Å²) in [5.74, 6) is 0.795. The van der Waals surface area contributed by atoms with E-state index in [1.54, 1.807) is 0 Å². The molecule has 1 saturated heterocycles. The summed E-state index contributed by atoms with van der Waals surface area (Å²) in [6, 6.07) is 2.69. The smallest absolute Gasteiger partial charge is 0.0478 e. The Morgan fingerprint density at radius 2 is 2.26 bits per heavy atom. The fraction of sp³-hybridized carbons (Fsp3) is 0.733. The minimum absolute atomic E-state index is 0.371. The molecule has 2 atom stereocenters. The van der Waals surface area contributed by atoms with Gasteiger partial charge in [0.25, 0.3) is 0 Å². The number of hydrogen-bond acceptors (Lipinski definition) is 4. The van der Waals surface area contributed by atoms with E-state index in [1.165, 1.54) is 34.8 Å². The lowest BCUT2D eigenvalue weighted by molar-refractivity contribution is 0.211. The Morgan fingerprint density at radius 3 is 2.74 bits per heavy atom. The first kappa shape index (κ1) is 15.0. The van der Waals surface area contributed by atoms with Crippen molar-refractivity contribution < 1.29 is 0 Å². The molecule has 2 heterocycles. The second kappa shape index (κ2) is 6.35. The quantitative estimate of drug-likeness (QED) is 0.898. The first-order valence-corrected chi connectivity index (χ1v) is 7.98. The van der Waals surface area contributed by atoms with Crippen molar-refractivity contribution in [1.82, 2.24) is 9.80 Å². The van der Waals surface area contributed by atoms with Crippen LogP contribution in [0.3, 0.4) is 0 Å². The van der Waals surface area contributed by atoms with Crippen LogP contribution < -0.4 is 5.73 Å². The number of aryl methyl sites for hydroxylation is 2. The van der Waals surface area contributed by atoms with Crippen molar-refractivity contribution in [2.75, 3.05) is 40.3 Å². The predicted molar refractivity (Wildman–Crippen MR) is 83.8 cm³/mol. The van der Waals surface area contributed by atoms with Gasteiger partial charge in [-0.15, -0.1) is 11.3 Å². The van der Waals surface area contributed by atoms with E-state index < -0.39 is 0 Å². The number of nitrogens with zero attached hydrogens (tertiary/aromatic N) is 2. The number of rotatable bonds is 5. The Kier molecular flexibility index (Phi) is 5.01. The van der Waals surface area contributed by atoms with Gasteiger partial charge in [-0.1, -0.05) is 0 Å². The van der Waals surface area contributed by atoms with E-state index in [1.807, 2.05) is 11.3 Å². The van der Waals surface area contributed by atoms with E-state index in [0.29, 0.717) is 12.6 Å². The van der Waals surface area contributed by atoms with Gasteiger partial charge in [-0.2, -0.15) is 0 Å². The summed E-state index contributed by atoms with van der Waals surface area (Å²) in [4.78, 5) is 7.69. The molecule has 1 aliphatic heterocycles. The molecule has 4 heteroatoms. The van der Waals surface area contributed by atoms with E-state index in [0.717, 1.165) is 12.5 Å². The molecule has 1 aromatic rings. The van der Waals surface area contributed by atoms with Crippen LogP contribution >= 0.6 is 11.3 Å². The highest BCUT2D eigenvalue weighted by Gasteiger charge is 2.25. The summed E-state index contributed by atoms with van der Waals surface area (Å²) in [6.07, 6.45) is 1.32. The minimum Gasteiger partial charge on any atom is -0.329 e. The van der Waals surface area contributed by atoms with Gasteiger partial charge >= 0.3 is 0 Å². The normalized spacial score (nSPS) is 22.3. The second-order valence-corrected chi connectivity index (χ2v) is 7.44. The van der Waals surface area contributed by atoms with E-state index in [9.17, 15) is 0 Å². The Hall–Kier alpha value is -0.420. The van der Waals surface area contributed by atoms with Crippen molar-refractivity contribution in [2.24, 2.45) is 11.7 Å². The summed E-state index contributed by atoms with van der Waals surface area (Å²) in [5.41, 5.74) is 7.47. The maximum absolute atomic E-state index is 6.04. The molecule has 0 spiro atoms. The standard InChI is InChI=1S/C15H27N3S/c1-11-7-14(12(2)19-11)15(8-16)18(4)10-13-5-6-17(3)9-13/h7,13,15H,5-6,8-10,16H2,1-4H3. The average Bonchev–Trinajstić information content (AvgIpc) is 2.87. The number of likely N-dealkylation sites (tertiary alicyclic amines) is 1. The first-order chi connectivity index (χ1) is 9.01. The van der Waals surface area contributed by atoms with Crippen molar-refractivity contribution in [3.8, 4) is 0 Å². The SMILES string of the molecule is Cc1cc(C(CN)N(C)CC2CCN(C)C2)c(C)s1. The molecule has 3 nitrogen and oxygen atoms in total. The highest BCUT2D eigenvalue weighted by Crippen LogP contribution is 2.30. The minimum atomic E-state index is 0.371. The predicted octanol–water partition coefficient (Wildman–Crippen LogP) is 2.25. The van der Waals surface area contributed by atoms with Gasteiger partial charge in [-0.3, -0.25) is 4.90 Å². The molecule has 19 heavy (non-hydrogen) atoms. The highest BCUT2D eigenvalue weighted by molar-refractivity contribution is 7.12. The van der Waals surface area contributed by atoms with Crippen molar-refractivity contribution in [1.29, 1.82) is 0 Å². The molecule has 2 rings (SSSR count). The van der Waals surface area contributed by atoms with Crippen molar-refractivity contribution in [2.45, 2.75) is 26.3 Å². The summed E-state index contributed by atoms with van der Waals surface area (Å²) >= 11 is 1.88. The van der Waals surface area contributed by atoms with Crippen LogP contribution in [-0.4, -0.2) is 50.1 Å². The largest absolute Gasteiger partial charge is 0.329 e. The van der Waals surface area contributed by atoms with Gasteiger partial charge < -0.3 is 10.6 Å². The zero-order valence-electron chi connectivity index (χ0n) is 12.6. The molecule has 0 bridgehead atoms. The lowest BCUT2D eigenvalue weighted by Gasteiger charge is -2.29. The lowest BCUT2D eigenvalue weighted by atomic mass is 10.0. The van der Waals surface area contributed by atoms with Crippen molar-refractivity contribution >= 4 is 11.3 Å². The number of thiophene rings is 1. The zero-order chi connectivity index (χ0) is 14.0.